The lowest BCUT2D eigenvalue weighted by Crippen LogP contribution is -2.57. The van der Waals surface area contributed by atoms with Crippen molar-refractivity contribution >= 4 is 34.0 Å². The quantitative estimate of drug-likeness (QED) is 0.220. The van der Waals surface area contributed by atoms with Crippen molar-refractivity contribution in [3.8, 4) is 0 Å². The maximum Gasteiger partial charge on any atom is 0.315 e. The Morgan fingerprint density at radius 2 is 1.77 bits per heavy atom. The molecule has 1 aliphatic carbocycles. The molecule has 1 saturated heterocycles. The minimum atomic E-state index is -3.68. The first kappa shape index (κ1) is 33.2. The number of urea groups is 1. The maximum absolute atomic E-state index is 13.2. The first-order valence-corrected chi connectivity index (χ1v) is 14.7. The molecule has 0 aromatic rings. The zero-order valence-corrected chi connectivity index (χ0v) is 25.3. The Hall–Kier alpha value is -2.97. The molecule has 0 aromatic carbocycles. The van der Waals surface area contributed by atoms with Gasteiger partial charge in [0.25, 0.3) is 10.2 Å². The summed E-state index contributed by atoms with van der Waals surface area (Å²) in [6, 6.07) is -1.96. The summed E-state index contributed by atoms with van der Waals surface area (Å²) in [7, 11) is 0.603. The van der Waals surface area contributed by atoms with Gasteiger partial charge in [0.1, 0.15) is 11.6 Å². The van der Waals surface area contributed by atoms with Gasteiger partial charge in [-0.15, -0.1) is 13.2 Å². The Kier molecular flexibility index (Phi) is 10.9. The summed E-state index contributed by atoms with van der Waals surface area (Å²) < 4.78 is 27.1. The number of hydrogen-bond donors (Lipinski definition) is 4. The summed E-state index contributed by atoms with van der Waals surface area (Å²) in [6.45, 7) is 13.2. The Morgan fingerprint density at radius 3 is 2.30 bits per heavy atom. The summed E-state index contributed by atoms with van der Waals surface area (Å²) in [4.78, 5) is 53.0. The van der Waals surface area contributed by atoms with Gasteiger partial charge in [0.05, 0.1) is 6.54 Å². The fourth-order valence-electron chi connectivity index (χ4n) is 4.63. The summed E-state index contributed by atoms with van der Waals surface area (Å²) in [5, 5.41) is 10.9. The van der Waals surface area contributed by atoms with Gasteiger partial charge in [0.15, 0.2) is 0 Å². The molecule has 13 nitrogen and oxygen atoms in total. The number of hydrogen-bond acceptors (Lipinski definition) is 6. The molecule has 1 aliphatic heterocycles. The van der Waals surface area contributed by atoms with Crippen LogP contribution in [0.4, 0.5) is 4.79 Å². The van der Waals surface area contributed by atoms with Crippen molar-refractivity contribution in [3.63, 3.8) is 0 Å². The Labute approximate surface area is 237 Å². The van der Waals surface area contributed by atoms with Gasteiger partial charge in [-0.2, -0.15) is 17.0 Å². The zero-order valence-electron chi connectivity index (χ0n) is 24.5. The largest absolute Gasteiger partial charge is 0.351 e. The molecule has 4 N–H and O–H groups in total. The van der Waals surface area contributed by atoms with E-state index in [1.807, 2.05) is 20.8 Å². The molecule has 2 fully saturated rings. The standard InChI is InChI=1S/C26H45N7O6S/c1-9-13-27-23(36)26(15-18(26)10-2)30-22(35)19-12-11-14-33(19)21(34)16-28-24(37)29-20(25(3,4)5)17-32(8)40(38,39)31(6)7/h9-10,18-20H,1-2,11-17H2,3-8H3,(H,27,36)(H,30,35)(H2,28,29,37)/t18?,19?,20?,26-/m1/s1. The Morgan fingerprint density at radius 1 is 1.12 bits per heavy atom. The number of nitrogens with one attached hydrogen (secondary N) is 4. The van der Waals surface area contributed by atoms with E-state index in [1.165, 1.54) is 26.0 Å². The van der Waals surface area contributed by atoms with E-state index in [0.29, 0.717) is 25.8 Å². The van der Waals surface area contributed by atoms with Crippen molar-refractivity contribution in [2.24, 2.45) is 11.3 Å². The smallest absolute Gasteiger partial charge is 0.315 e. The van der Waals surface area contributed by atoms with Crippen molar-refractivity contribution in [3.05, 3.63) is 25.3 Å². The van der Waals surface area contributed by atoms with Crippen LogP contribution in [0.15, 0.2) is 25.3 Å². The number of rotatable bonds is 13. The van der Waals surface area contributed by atoms with E-state index in [0.717, 1.165) is 8.61 Å². The molecular weight excluding hydrogens is 538 g/mol. The van der Waals surface area contributed by atoms with Gasteiger partial charge in [-0.3, -0.25) is 14.4 Å². The molecule has 0 spiro atoms. The number of amides is 5. The van der Waals surface area contributed by atoms with Crippen molar-refractivity contribution < 1.29 is 27.6 Å². The second-order valence-corrected chi connectivity index (χ2v) is 13.8. The molecule has 4 atom stereocenters. The van der Waals surface area contributed by atoms with Gasteiger partial charge in [0, 0.05) is 52.7 Å². The Bertz CT molecular complexity index is 1100. The molecule has 226 valence electrons. The van der Waals surface area contributed by atoms with E-state index in [-0.39, 0.29) is 31.5 Å². The second kappa shape index (κ2) is 13.1. The van der Waals surface area contributed by atoms with Crippen LogP contribution in [-0.2, 0) is 24.6 Å². The Balaban J connectivity index is 1.99. The van der Waals surface area contributed by atoms with Gasteiger partial charge in [-0.25, -0.2) is 4.79 Å². The summed E-state index contributed by atoms with van der Waals surface area (Å²) in [5.41, 5.74) is -1.58. The minimum Gasteiger partial charge on any atom is -0.351 e. The fraction of sp³-hybridized carbons (Fsp3) is 0.692. The topological polar surface area (TPSA) is 160 Å². The van der Waals surface area contributed by atoms with Crippen LogP contribution in [0.2, 0.25) is 0 Å². The molecular formula is C26H45N7O6S. The fourth-order valence-corrected chi connectivity index (χ4v) is 5.53. The van der Waals surface area contributed by atoms with E-state index in [4.69, 9.17) is 0 Å². The highest BCUT2D eigenvalue weighted by atomic mass is 32.2. The third-order valence-corrected chi connectivity index (χ3v) is 9.24. The number of carbonyl (C=O) groups excluding carboxylic acids is 4. The number of carbonyl (C=O) groups is 4. The van der Waals surface area contributed by atoms with Gasteiger partial charge in [-0.05, 0) is 24.7 Å². The molecule has 1 saturated carbocycles. The molecule has 3 unspecified atom stereocenters. The first-order valence-electron chi connectivity index (χ1n) is 13.3. The van der Waals surface area contributed by atoms with E-state index in [1.54, 1.807) is 12.2 Å². The second-order valence-electron chi connectivity index (χ2n) is 11.6. The molecule has 0 radical (unpaired) electrons. The van der Waals surface area contributed by atoms with Crippen LogP contribution >= 0.6 is 0 Å². The highest BCUT2D eigenvalue weighted by Crippen LogP contribution is 2.44. The van der Waals surface area contributed by atoms with E-state index in [9.17, 15) is 27.6 Å². The van der Waals surface area contributed by atoms with Crippen molar-refractivity contribution in [1.29, 1.82) is 0 Å². The number of likely N-dealkylation sites (tertiary alicyclic amines) is 1. The predicted molar refractivity (Wildman–Crippen MR) is 152 cm³/mol. The highest BCUT2D eigenvalue weighted by molar-refractivity contribution is 7.86. The molecule has 0 bridgehead atoms. The predicted octanol–water partition coefficient (Wildman–Crippen LogP) is -0.207. The molecule has 1 heterocycles. The maximum atomic E-state index is 13.2. The third kappa shape index (κ3) is 7.82. The van der Waals surface area contributed by atoms with Crippen molar-refractivity contribution in [2.45, 2.75) is 57.7 Å². The zero-order chi connectivity index (χ0) is 30.5. The van der Waals surface area contributed by atoms with Gasteiger partial charge >= 0.3 is 6.03 Å². The van der Waals surface area contributed by atoms with Gasteiger partial charge in [0.2, 0.25) is 17.7 Å². The van der Waals surface area contributed by atoms with E-state index < -0.39 is 51.1 Å². The number of nitrogens with zero attached hydrogens (tertiary/aromatic N) is 3. The van der Waals surface area contributed by atoms with Crippen molar-refractivity contribution in [2.75, 3.05) is 47.3 Å². The van der Waals surface area contributed by atoms with Gasteiger partial charge < -0.3 is 26.2 Å². The van der Waals surface area contributed by atoms with Crippen LogP contribution in [0.5, 0.6) is 0 Å². The summed E-state index contributed by atoms with van der Waals surface area (Å²) >= 11 is 0. The SMILES string of the molecule is C=CCNC(=O)[C@@]1(NC(=O)C2CCCN2C(=O)CNC(=O)NC(CN(C)S(=O)(=O)N(C)C)C(C)(C)C)CC1C=C. The molecule has 2 rings (SSSR count). The molecule has 0 aromatic heterocycles. The highest BCUT2D eigenvalue weighted by Gasteiger charge is 2.60. The molecule has 40 heavy (non-hydrogen) atoms. The lowest BCUT2D eigenvalue weighted by Gasteiger charge is -2.35. The monoisotopic (exact) mass is 583 g/mol. The lowest BCUT2D eigenvalue weighted by molar-refractivity contribution is -0.139. The van der Waals surface area contributed by atoms with Crippen LogP contribution in [0, 0.1) is 11.3 Å². The average Bonchev–Trinajstić information content (AvgIpc) is 3.35. The first-order chi connectivity index (χ1) is 18.5. The van der Waals surface area contributed by atoms with E-state index >= 15 is 0 Å². The van der Waals surface area contributed by atoms with Crippen LogP contribution in [0.1, 0.15) is 40.0 Å². The number of likely N-dealkylation sites (N-methyl/N-ethyl adjacent to an activating group) is 1. The molecule has 14 heteroatoms. The molecule has 5 amide bonds. The van der Waals surface area contributed by atoms with Crippen LogP contribution in [0.25, 0.3) is 0 Å². The lowest BCUT2D eigenvalue weighted by atomic mass is 9.87. The summed E-state index contributed by atoms with van der Waals surface area (Å²) in [5.74, 6) is -1.39. The summed E-state index contributed by atoms with van der Waals surface area (Å²) in [6.07, 6.45) is 4.65. The average molecular weight is 584 g/mol. The third-order valence-electron chi connectivity index (χ3n) is 7.38. The van der Waals surface area contributed by atoms with Crippen LogP contribution < -0.4 is 21.3 Å². The van der Waals surface area contributed by atoms with Crippen LogP contribution in [0.3, 0.4) is 0 Å². The van der Waals surface area contributed by atoms with Crippen LogP contribution in [-0.4, -0.2) is 111 Å². The van der Waals surface area contributed by atoms with E-state index in [2.05, 4.69) is 34.4 Å². The normalized spacial score (nSPS) is 23.4. The van der Waals surface area contributed by atoms with Gasteiger partial charge in [-0.1, -0.05) is 32.9 Å². The minimum absolute atomic E-state index is 0.0214. The molecule has 2 aliphatic rings. The van der Waals surface area contributed by atoms with Crippen molar-refractivity contribution in [1.82, 2.24) is 34.8 Å².